The Morgan fingerprint density at radius 2 is 1.52 bits per heavy atom. The summed E-state index contributed by atoms with van der Waals surface area (Å²) in [5.41, 5.74) is 0.322. The number of phenolic OH excluding ortho intramolecular Hbond substituents is 1. The SMILES string of the molecule is COc1ccccc1/N=N/c1cc(S(=O)(=O)O)c2ccccc2c1O. The summed E-state index contributed by atoms with van der Waals surface area (Å²) in [6.45, 7) is 0. The van der Waals surface area contributed by atoms with Crippen LogP contribution in [0, 0.1) is 0 Å². The van der Waals surface area contributed by atoms with E-state index in [-0.39, 0.29) is 27.1 Å². The number of ether oxygens (including phenoxy) is 1. The molecule has 2 N–H and O–H groups in total. The predicted octanol–water partition coefficient (Wildman–Crippen LogP) is 4.22. The molecule has 0 bridgehead atoms. The van der Waals surface area contributed by atoms with Gasteiger partial charge < -0.3 is 9.84 Å². The van der Waals surface area contributed by atoms with Crippen LogP contribution in [0.15, 0.2) is 69.7 Å². The van der Waals surface area contributed by atoms with Crippen LogP contribution >= 0.6 is 0 Å². The lowest BCUT2D eigenvalue weighted by Crippen LogP contribution is -1.99. The van der Waals surface area contributed by atoms with Gasteiger partial charge in [-0.1, -0.05) is 36.4 Å². The quantitative estimate of drug-likeness (QED) is 0.536. The number of rotatable bonds is 4. The van der Waals surface area contributed by atoms with E-state index in [1.165, 1.54) is 19.2 Å². The lowest BCUT2D eigenvalue weighted by Gasteiger charge is -2.08. The van der Waals surface area contributed by atoms with Crippen molar-refractivity contribution in [3.8, 4) is 11.5 Å². The zero-order valence-corrected chi connectivity index (χ0v) is 13.9. The van der Waals surface area contributed by atoms with Crippen LogP contribution in [0.25, 0.3) is 10.8 Å². The van der Waals surface area contributed by atoms with Gasteiger partial charge in [0.05, 0.1) is 7.11 Å². The molecule has 0 aliphatic heterocycles. The van der Waals surface area contributed by atoms with E-state index >= 15 is 0 Å². The maximum Gasteiger partial charge on any atom is 0.295 e. The first kappa shape index (κ1) is 16.9. The molecule has 0 amide bonds. The van der Waals surface area contributed by atoms with Crippen LogP contribution in [0.4, 0.5) is 11.4 Å². The number of aromatic hydroxyl groups is 1. The Morgan fingerprint density at radius 3 is 2.20 bits per heavy atom. The van der Waals surface area contributed by atoms with Gasteiger partial charge in [-0.2, -0.15) is 8.42 Å². The van der Waals surface area contributed by atoms with Crippen molar-refractivity contribution in [3.63, 3.8) is 0 Å². The van der Waals surface area contributed by atoms with Gasteiger partial charge in [-0.3, -0.25) is 4.55 Å². The third-order valence-corrected chi connectivity index (χ3v) is 4.48. The van der Waals surface area contributed by atoms with Crippen molar-refractivity contribution in [2.75, 3.05) is 7.11 Å². The summed E-state index contributed by atoms with van der Waals surface area (Å²) < 4.78 is 38.0. The van der Waals surface area contributed by atoms with E-state index in [0.717, 1.165) is 6.07 Å². The van der Waals surface area contributed by atoms with Crippen molar-refractivity contribution < 1.29 is 22.8 Å². The van der Waals surface area contributed by atoms with Crippen LogP contribution in [0.3, 0.4) is 0 Å². The van der Waals surface area contributed by atoms with Gasteiger partial charge in [-0.05, 0) is 18.2 Å². The average Bonchev–Trinajstić information content (AvgIpc) is 2.60. The van der Waals surface area contributed by atoms with E-state index < -0.39 is 10.1 Å². The van der Waals surface area contributed by atoms with Crippen molar-refractivity contribution in [3.05, 3.63) is 54.6 Å². The number of azo groups is 1. The Morgan fingerprint density at radius 1 is 0.920 bits per heavy atom. The van der Waals surface area contributed by atoms with Crippen molar-refractivity contribution in [1.82, 2.24) is 0 Å². The number of benzene rings is 3. The first-order valence-corrected chi connectivity index (χ1v) is 8.63. The topological polar surface area (TPSA) is 109 Å². The number of phenols is 1. The molecule has 3 aromatic carbocycles. The third kappa shape index (κ3) is 3.30. The monoisotopic (exact) mass is 358 g/mol. The van der Waals surface area contributed by atoms with Crippen LogP contribution in [0.1, 0.15) is 0 Å². The molecule has 0 spiro atoms. The summed E-state index contributed by atoms with van der Waals surface area (Å²) in [5, 5.41) is 18.7. The van der Waals surface area contributed by atoms with E-state index in [1.54, 1.807) is 36.4 Å². The van der Waals surface area contributed by atoms with E-state index in [0.29, 0.717) is 11.4 Å². The standard InChI is InChI=1S/C17H14N2O5S/c1-24-15-9-5-4-8-13(15)18-19-14-10-16(25(21,22)23)11-6-2-3-7-12(11)17(14)20/h2-10,20H,1H3,(H,21,22,23)/b19-18+. The third-order valence-electron chi connectivity index (χ3n) is 3.59. The minimum Gasteiger partial charge on any atom is -0.505 e. The molecule has 128 valence electrons. The highest BCUT2D eigenvalue weighted by Crippen LogP contribution is 2.40. The van der Waals surface area contributed by atoms with Gasteiger partial charge in [-0.25, -0.2) is 0 Å². The van der Waals surface area contributed by atoms with Gasteiger partial charge in [0.2, 0.25) is 0 Å². The molecule has 0 atom stereocenters. The van der Waals surface area contributed by atoms with E-state index in [1.807, 2.05) is 0 Å². The Balaban J connectivity index is 2.20. The number of para-hydroxylation sites is 1. The van der Waals surface area contributed by atoms with E-state index in [9.17, 15) is 18.1 Å². The van der Waals surface area contributed by atoms with Crippen LogP contribution in [0.2, 0.25) is 0 Å². The smallest absolute Gasteiger partial charge is 0.295 e. The molecule has 0 aromatic heterocycles. The van der Waals surface area contributed by atoms with Crippen LogP contribution in [0.5, 0.6) is 11.5 Å². The van der Waals surface area contributed by atoms with Gasteiger partial charge in [0.1, 0.15) is 22.0 Å². The molecule has 0 aliphatic rings. The van der Waals surface area contributed by atoms with Crippen molar-refractivity contribution in [2.24, 2.45) is 10.2 Å². The molecule has 0 fully saturated rings. The summed E-state index contributed by atoms with van der Waals surface area (Å²) in [4.78, 5) is -0.352. The Kier molecular flexibility index (Phi) is 4.39. The molecule has 0 unspecified atom stereocenters. The molecular weight excluding hydrogens is 344 g/mol. The van der Waals surface area contributed by atoms with Gasteiger partial charge in [0.15, 0.2) is 5.75 Å². The van der Waals surface area contributed by atoms with Crippen molar-refractivity contribution >= 4 is 32.3 Å². The number of methoxy groups -OCH3 is 1. The highest BCUT2D eigenvalue weighted by Gasteiger charge is 2.19. The van der Waals surface area contributed by atoms with Gasteiger partial charge in [0, 0.05) is 10.8 Å². The molecule has 0 aliphatic carbocycles. The van der Waals surface area contributed by atoms with Crippen LogP contribution < -0.4 is 4.74 Å². The summed E-state index contributed by atoms with van der Waals surface area (Å²) in [5.74, 6) is 0.239. The summed E-state index contributed by atoms with van der Waals surface area (Å²) >= 11 is 0. The second-order valence-corrected chi connectivity index (χ2v) is 6.52. The molecule has 0 saturated carbocycles. The molecule has 0 radical (unpaired) electrons. The van der Waals surface area contributed by atoms with Crippen LogP contribution in [-0.2, 0) is 10.1 Å². The zero-order chi connectivity index (χ0) is 18.0. The predicted molar refractivity (Wildman–Crippen MR) is 92.6 cm³/mol. The summed E-state index contributed by atoms with van der Waals surface area (Å²) in [7, 11) is -3.02. The minimum absolute atomic E-state index is 0.0859. The molecule has 0 heterocycles. The van der Waals surface area contributed by atoms with Gasteiger partial charge in [0.25, 0.3) is 10.1 Å². The van der Waals surface area contributed by atoms with Crippen molar-refractivity contribution in [2.45, 2.75) is 4.90 Å². The van der Waals surface area contributed by atoms with Crippen LogP contribution in [-0.4, -0.2) is 25.2 Å². The summed E-state index contributed by atoms with van der Waals surface area (Å²) in [6, 6.07) is 14.2. The Hall–Kier alpha value is -2.97. The molecule has 3 aromatic rings. The molecule has 25 heavy (non-hydrogen) atoms. The second kappa shape index (κ2) is 6.50. The highest BCUT2D eigenvalue weighted by atomic mass is 32.2. The first-order valence-electron chi connectivity index (χ1n) is 7.19. The fourth-order valence-electron chi connectivity index (χ4n) is 2.42. The lowest BCUT2D eigenvalue weighted by molar-refractivity contribution is 0.416. The fourth-order valence-corrected chi connectivity index (χ4v) is 3.14. The number of nitrogens with zero attached hydrogens (tertiary/aromatic N) is 2. The molecule has 7 nitrogen and oxygen atoms in total. The van der Waals surface area contributed by atoms with E-state index in [4.69, 9.17) is 4.74 Å². The molecule has 8 heteroatoms. The molecular formula is C17H14N2O5S. The largest absolute Gasteiger partial charge is 0.505 e. The second-order valence-electron chi connectivity index (χ2n) is 5.13. The maximum atomic E-state index is 11.7. The highest BCUT2D eigenvalue weighted by molar-refractivity contribution is 7.86. The number of hydrogen-bond acceptors (Lipinski definition) is 6. The summed E-state index contributed by atoms with van der Waals surface area (Å²) in [6.07, 6.45) is 0. The zero-order valence-electron chi connectivity index (χ0n) is 13.1. The Labute approximate surface area is 144 Å². The fraction of sp³-hybridized carbons (Fsp3) is 0.0588. The molecule has 3 rings (SSSR count). The van der Waals surface area contributed by atoms with Gasteiger partial charge >= 0.3 is 0 Å². The van der Waals surface area contributed by atoms with Gasteiger partial charge in [-0.15, -0.1) is 10.2 Å². The lowest BCUT2D eigenvalue weighted by atomic mass is 10.1. The number of hydrogen-bond donors (Lipinski definition) is 2. The minimum atomic E-state index is -4.50. The van der Waals surface area contributed by atoms with Crippen molar-refractivity contribution in [1.29, 1.82) is 0 Å². The van der Waals surface area contributed by atoms with E-state index in [2.05, 4.69) is 10.2 Å². The normalized spacial score (nSPS) is 11.9. The number of fused-ring (bicyclic) bond motifs is 1. The maximum absolute atomic E-state index is 11.7. The Bertz CT molecular complexity index is 1080. The molecule has 0 saturated heterocycles. The first-order chi connectivity index (χ1) is 11.9. The average molecular weight is 358 g/mol.